The topological polar surface area (TPSA) is 78.4 Å². The van der Waals surface area contributed by atoms with Crippen LogP contribution in [0, 0.1) is 13.8 Å². The first-order valence-electron chi connectivity index (χ1n) is 8.23. The van der Waals surface area contributed by atoms with Gasteiger partial charge in [0.25, 0.3) is 5.91 Å². The summed E-state index contributed by atoms with van der Waals surface area (Å²) in [5.41, 5.74) is 3.66. The first-order valence-corrected chi connectivity index (χ1v) is 8.23. The average Bonchev–Trinajstić information content (AvgIpc) is 2.65. The van der Waals surface area contributed by atoms with Crippen molar-refractivity contribution in [1.82, 2.24) is 20.0 Å². The lowest BCUT2D eigenvalue weighted by atomic mass is 10.1. The fourth-order valence-electron chi connectivity index (χ4n) is 2.67. The first kappa shape index (κ1) is 16.9. The van der Waals surface area contributed by atoms with Gasteiger partial charge in [0.15, 0.2) is 11.5 Å². The maximum absolute atomic E-state index is 12.4. The molecule has 3 rings (SSSR count). The molecule has 1 N–H and O–H groups in total. The second-order valence-corrected chi connectivity index (χ2v) is 6.16. The summed E-state index contributed by atoms with van der Waals surface area (Å²) in [5, 5.41) is 11.3. The van der Waals surface area contributed by atoms with Crippen LogP contribution in [0.2, 0.25) is 0 Å². The van der Waals surface area contributed by atoms with Crippen molar-refractivity contribution in [2.24, 2.45) is 0 Å². The number of amides is 2. The fraction of sp³-hybridized carbons (Fsp3) is 0.333. The predicted octanol–water partition coefficient (Wildman–Crippen LogP) is 1.75. The van der Waals surface area contributed by atoms with Crippen molar-refractivity contribution in [2.45, 2.75) is 13.8 Å². The van der Waals surface area contributed by atoms with E-state index >= 15 is 0 Å². The maximum atomic E-state index is 12.4. The molecule has 1 fully saturated rings. The van der Waals surface area contributed by atoms with E-state index in [1.165, 1.54) is 11.1 Å². The SMILES string of the molecule is Cc1ccc(Nc2ccc(C(=O)N3CCN(C=O)CC3)nn2)cc1C. The number of benzene rings is 1. The van der Waals surface area contributed by atoms with E-state index in [4.69, 9.17) is 0 Å². The Morgan fingerprint density at radius 1 is 1.04 bits per heavy atom. The van der Waals surface area contributed by atoms with Gasteiger partial charge in [-0.3, -0.25) is 9.59 Å². The third-order valence-corrected chi connectivity index (χ3v) is 4.41. The highest BCUT2D eigenvalue weighted by Gasteiger charge is 2.22. The summed E-state index contributed by atoms with van der Waals surface area (Å²) in [6, 6.07) is 9.49. The molecule has 1 saturated heterocycles. The number of carbonyl (C=O) groups is 2. The van der Waals surface area contributed by atoms with Crippen LogP contribution in [0.25, 0.3) is 0 Å². The molecule has 25 heavy (non-hydrogen) atoms. The highest BCUT2D eigenvalue weighted by molar-refractivity contribution is 5.92. The second kappa shape index (κ2) is 7.29. The molecule has 2 amide bonds. The Kier molecular flexibility index (Phi) is 4.92. The van der Waals surface area contributed by atoms with Crippen LogP contribution in [0.5, 0.6) is 0 Å². The summed E-state index contributed by atoms with van der Waals surface area (Å²) in [5.74, 6) is 0.432. The van der Waals surface area contributed by atoms with Crippen LogP contribution in [-0.2, 0) is 4.79 Å². The van der Waals surface area contributed by atoms with Gasteiger partial charge in [-0.05, 0) is 49.2 Å². The second-order valence-electron chi connectivity index (χ2n) is 6.16. The Morgan fingerprint density at radius 3 is 2.40 bits per heavy atom. The van der Waals surface area contributed by atoms with Crippen molar-refractivity contribution in [2.75, 3.05) is 31.5 Å². The molecule has 1 aromatic heterocycles. The minimum atomic E-state index is -0.157. The van der Waals surface area contributed by atoms with Gasteiger partial charge >= 0.3 is 0 Å². The van der Waals surface area contributed by atoms with Crippen LogP contribution in [0.4, 0.5) is 11.5 Å². The van der Waals surface area contributed by atoms with Gasteiger partial charge in [0.05, 0.1) is 0 Å². The van der Waals surface area contributed by atoms with Crippen LogP contribution < -0.4 is 5.32 Å². The van der Waals surface area contributed by atoms with Crippen molar-refractivity contribution in [3.05, 3.63) is 47.2 Å². The molecule has 0 bridgehead atoms. The van der Waals surface area contributed by atoms with E-state index in [0.29, 0.717) is 37.7 Å². The van der Waals surface area contributed by atoms with Gasteiger partial charge in [-0.1, -0.05) is 6.07 Å². The summed E-state index contributed by atoms with van der Waals surface area (Å²) in [7, 11) is 0. The molecule has 2 heterocycles. The molecular formula is C18H21N5O2. The minimum absolute atomic E-state index is 0.157. The molecule has 1 aromatic carbocycles. The smallest absolute Gasteiger partial charge is 0.274 e. The molecular weight excluding hydrogens is 318 g/mol. The zero-order valence-corrected chi connectivity index (χ0v) is 14.4. The van der Waals surface area contributed by atoms with Gasteiger partial charge in [0.2, 0.25) is 6.41 Å². The van der Waals surface area contributed by atoms with Gasteiger partial charge in [-0.2, -0.15) is 0 Å². The van der Waals surface area contributed by atoms with Crippen molar-refractivity contribution < 1.29 is 9.59 Å². The minimum Gasteiger partial charge on any atom is -0.342 e. The predicted molar refractivity (Wildman–Crippen MR) is 94.8 cm³/mol. The third kappa shape index (κ3) is 3.93. The lowest BCUT2D eigenvalue weighted by Gasteiger charge is -2.32. The fourth-order valence-corrected chi connectivity index (χ4v) is 2.67. The lowest BCUT2D eigenvalue weighted by Crippen LogP contribution is -2.48. The van der Waals surface area contributed by atoms with E-state index in [-0.39, 0.29) is 5.91 Å². The Labute approximate surface area is 146 Å². The molecule has 2 aromatic rings. The normalized spacial score (nSPS) is 14.3. The van der Waals surface area contributed by atoms with Gasteiger partial charge in [0, 0.05) is 31.9 Å². The van der Waals surface area contributed by atoms with E-state index < -0.39 is 0 Å². The van der Waals surface area contributed by atoms with Crippen LogP contribution >= 0.6 is 0 Å². The number of carbonyl (C=O) groups excluding carboxylic acids is 2. The Balaban J connectivity index is 1.64. The van der Waals surface area contributed by atoms with Crippen LogP contribution in [-0.4, -0.2) is 58.5 Å². The number of hydrogen-bond acceptors (Lipinski definition) is 5. The Hall–Kier alpha value is -2.96. The summed E-state index contributed by atoms with van der Waals surface area (Å²) < 4.78 is 0. The molecule has 1 aliphatic heterocycles. The van der Waals surface area contributed by atoms with Crippen molar-refractivity contribution in [3.63, 3.8) is 0 Å². The number of nitrogens with zero attached hydrogens (tertiary/aromatic N) is 4. The van der Waals surface area contributed by atoms with Gasteiger partial charge < -0.3 is 15.1 Å². The van der Waals surface area contributed by atoms with Crippen LogP contribution in [0.15, 0.2) is 30.3 Å². The Morgan fingerprint density at radius 2 is 1.80 bits per heavy atom. The number of piperazine rings is 1. The van der Waals surface area contributed by atoms with Crippen LogP contribution in [0.1, 0.15) is 21.6 Å². The molecule has 7 nitrogen and oxygen atoms in total. The first-order chi connectivity index (χ1) is 12.1. The molecule has 1 aliphatic rings. The van der Waals surface area contributed by atoms with E-state index in [1.807, 2.05) is 18.2 Å². The monoisotopic (exact) mass is 339 g/mol. The summed E-state index contributed by atoms with van der Waals surface area (Å²) >= 11 is 0. The maximum Gasteiger partial charge on any atom is 0.274 e. The standard InChI is InChI=1S/C18H21N5O2/c1-13-3-4-15(11-14(13)2)19-17-6-5-16(20-21-17)18(25)23-9-7-22(12-24)8-10-23/h3-6,11-12H,7-10H2,1-2H3,(H,19,21). The lowest BCUT2D eigenvalue weighted by molar-refractivity contribution is -0.119. The van der Waals surface area contributed by atoms with Crippen LogP contribution in [0.3, 0.4) is 0 Å². The molecule has 0 aliphatic carbocycles. The number of nitrogens with one attached hydrogen (secondary N) is 1. The van der Waals surface area contributed by atoms with E-state index in [0.717, 1.165) is 12.1 Å². The molecule has 0 saturated carbocycles. The van der Waals surface area contributed by atoms with Crippen molar-refractivity contribution in [3.8, 4) is 0 Å². The molecule has 130 valence electrons. The summed E-state index contributed by atoms with van der Waals surface area (Å²) in [6.45, 7) is 6.25. The number of aryl methyl sites for hydroxylation is 2. The quantitative estimate of drug-likeness (QED) is 0.859. The third-order valence-electron chi connectivity index (χ3n) is 4.41. The summed E-state index contributed by atoms with van der Waals surface area (Å²) in [4.78, 5) is 26.5. The highest BCUT2D eigenvalue weighted by atomic mass is 16.2. The zero-order valence-electron chi connectivity index (χ0n) is 14.4. The number of rotatable bonds is 4. The average molecular weight is 339 g/mol. The molecule has 0 radical (unpaired) electrons. The summed E-state index contributed by atoms with van der Waals surface area (Å²) in [6.07, 6.45) is 0.814. The zero-order chi connectivity index (χ0) is 17.8. The van der Waals surface area contributed by atoms with Crippen molar-refractivity contribution >= 4 is 23.8 Å². The highest BCUT2D eigenvalue weighted by Crippen LogP contribution is 2.18. The number of hydrogen-bond donors (Lipinski definition) is 1. The largest absolute Gasteiger partial charge is 0.342 e. The van der Waals surface area contributed by atoms with E-state index in [1.54, 1.807) is 21.9 Å². The molecule has 0 spiro atoms. The number of aromatic nitrogens is 2. The molecule has 0 unspecified atom stereocenters. The van der Waals surface area contributed by atoms with Crippen molar-refractivity contribution in [1.29, 1.82) is 0 Å². The van der Waals surface area contributed by atoms with E-state index in [9.17, 15) is 9.59 Å². The van der Waals surface area contributed by atoms with E-state index in [2.05, 4.69) is 29.4 Å². The molecule has 0 atom stereocenters. The van der Waals surface area contributed by atoms with Gasteiger partial charge in [-0.15, -0.1) is 10.2 Å². The van der Waals surface area contributed by atoms with Gasteiger partial charge in [0.1, 0.15) is 0 Å². The Bertz CT molecular complexity index is 768. The molecule has 7 heteroatoms. The number of anilines is 2. The van der Waals surface area contributed by atoms with Gasteiger partial charge in [-0.25, -0.2) is 0 Å².